The van der Waals surface area contributed by atoms with Gasteiger partial charge in [-0.25, -0.2) is 36.3 Å². The molecule has 0 aliphatic carbocycles. The summed E-state index contributed by atoms with van der Waals surface area (Å²) in [5.74, 6) is -6.23. The van der Waals surface area contributed by atoms with Gasteiger partial charge in [0.1, 0.15) is 21.6 Å². The first-order valence-electron chi connectivity index (χ1n) is 11.9. The van der Waals surface area contributed by atoms with Gasteiger partial charge < -0.3 is 0 Å². The third-order valence-electron chi connectivity index (χ3n) is 6.39. The van der Waals surface area contributed by atoms with E-state index in [0.717, 1.165) is 72.5 Å². The van der Waals surface area contributed by atoms with Crippen LogP contribution in [0.3, 0.4) is 0 Å². The highest BCUT2D eigenvalue weighted by molar-refractivity contribution is 7.35. The lowest BCUT2D eigenvalue weighted by Crippen LogP contribution is -1.92. The molecule has 8 rings (SSSR count). The molecule has 0 aliphatic rings. The molecule has 0 radical (unpaired) electrons. The van der Waals surface area contributed by atoms with Gasteiger partial charge in [0.15, 0.2) is 32.9 Å². The molecule has 0 amide bonds. The number of thiazole rings is 2. The molecule has 42 heavy (non-hydrogen) atoms. The minimum atomic E-state index is -1.20. The van der Waals surface area contributed by atoms with Gasteiger partial charge in [-0.3, -0.25) is 0 Å². The number of aromatic nitrogens is 2. The van der Waals surface area contributed by atoms with E-state index >= 15 is 0 Å². The average molecular weight is 679 g/mol. The Balaban J connectivity index is 1.08. The third-order valence-corrected chi connectivity index (χ3v) is 13.4. The summed E-state index contributed by atoms with van der Waals surface area (Å²) >= 11 is 8.09. The van der Waals surface area contributed by atoms with Crippen molar-refractivity contribution in [2.24, 2.45) is 0 Å². The summed E-state index contributed by atoms with van der Waals surface area (Å²) in [7, 11) is 0. The van der Waals surface area contributed by atoms with Crippen LogP contribution in [0.4, 0.5) is 26.3 Å². The number of hydrogen-bond donors (Lipinski definition) is 0. The zero-order valence-corrected chi connectivity index (χ0v) is 25.1. The second kappa shape index (κ2) is 9.69. The minimum Gasteiger partial charge on any atom is -0.222 e. The number of benzene rings is 2. The standard InChI is InChI=1S/C28H8F6N2S6/c29-9-1-3-11(31)23(33)21(9)17-5-13-15(37-17)7-19(39-13)25-35-27-28(41-25)36-26(42-27)20-8-16-14(40-20)6-18(38-16)22-10(30)2-4-12(32)24(22)34/h1-8H. The monoisotopic (exact) mass is 678 g/mol. The molecule has 8 aromatic rings. The van der Waals surface area contributed by atoms with Crippen LogP contribution in [-0.2, 0) is 0 Å². The van der Waals surface area contributed by atoms with Crippen LogP contribution < -0.4 is 0 Å². The van der Waals surface area contributed by atoms with Crippen molar-refractivity contribution in [2.75, 3.05) is 0 Å². The Morgan fingerprint density at radius 1 is 0.405 bits per heavy atom. The Kier molecular flexibility index (Phi) is 6.11. The fraction of sp³-hybridized carbons (Fsp3) is 0. The smallest absolute Gasteiger partial charge is 0.170 e. The fourth-order valence-corrected chi connectivity index (χ4v) is 11.5. The van der Waals surface area contributed by atoms with Gasteiger partial charge in [-0.05, 0) is 48.5 Å². The van der Waals surface area contributed by atoms with Crippen molar-refractivity contribution in [1.29, 1.82) is 0 Å². The highest BCUT2D eigenvalue weighted by atomic mass is 32.1. The Morgan fingerprint density at radius 3 is 1.14 bits per heavy atom. The van der Waals surface area contributed by atoms with Gasteiger partial charge in [-0.15, -0.1) is 45.3 Å². The van der Waals surface area contributed by atoms with E-state index in [4.69, 9.17) is 9.97 Å². The van der Waals surface area contributed by atoms with E-state index in [2.05, 4.69) is 0 Å². The van der Waals surface area contributed by atoms with Crippen LogP contribution in [0.2, 0.25) is 0 Å². The molecule has 0 N–H and O–H groups in total. The molecule has 0 bridgehead atoms. The first-order chi connectivity index (χ1) is 20.2. The molecule has 0 atom stereocenters. The second-order valence-corrected chi connectivity index (χ2v) is 15.3. The Labute approximate surface area is 255 Å². The summed E-state index contributed by atoms with van der Waals surface area (Å²) in [6, 6.07) is 10.5. The maximum absolute atomic E-state index is 14.3. The summed E-state index contributed by atoms with van der Waals surface area (Å²) in [5, 5.41) is 1.54. The summed E-state index contributed by atoms with van der Waals surface area (Å²) in [6.45, 7) is 0. The highest BCUT2D eigenvalue weighted by Crippen LogP contribution is 2.47. The molecule has 0 fully saturated rings. The summed E-state index contributed by atoms with van der Waals surface area (Å²) in [5.41, 5.74) is -0.733. The Hall–Kier alpha value is -3.14. The molecule has 6 heterocycles. The van der Waals surface area contributed by atoms with Gasteiger partial charge in [0, 0.05) is 28.6 Å². The Morgan fingerprint density at radius 2 is 0.738 bits per heavy atom. The zero-order valence-electron chi connectivity index (χ0n) is 20.2. The van der Waals surface area contributed by atoms with Crippen LogP contribution in [0.25, 0.3) is 69.1 Å². The molecule has 0 saturated heterocycles. The van der Waals surface area contributed by atoms with Gasteiger partial charge in [0.25, 0.3) is 0 Å². The summed E-state index contributed by atoms with van der Waals surface area (Å²) in [6.07, 6.45) is 0. The number of halogens is 6. The molecule has 0 unspecified atom stereocenters. The van der Waals surface area contributed by atoms with Crippen molar-refractivity contribution in [3.05, 3.63) is 83.4 Å². The highest BCUT2D eigenvalue weighted by Gasteiger charge is 2.22. The van der Waals surface area contributed by atoms with Crippen molar-refractivity contribution in [2.45, 2.75) is 0 Å². The van der Waals surface area contributed by atoms with Crippen LogP contribution in [0, 0.1) is 34.9 Å². The maximum Gasteiger partial charge on any atom is 0.170 e. The van der Waals surface area contributed by atoms with Gasteiger partial charge in [-0.2, -0.15) is 0 Å². The van der Waals surface area contributed by atoms with Crippen molar-refractivity contribution in [3.63, 3.8) is 0 Å². The van der Waals surface area contributed by atoms with Gasteiger partial charge in [0.05, 0.1) is 20.9 Å². The first kappa shape index (κ1) is 26.5. The molecule has 0 aliphatic heterocycles. The SMILES string of the molecule is Fc1ccc(F)c(-c2cc3sc(-c4nc5sc(-c6cc7sc(-c8c(F)ccc(F)c8F)cc7s6)nc5s4)cc3s2)c1F. The van der Waals surface area contributed by atoms with Crippen LogP contribution >= 0.6 is 68.0 Å². The second-order valence-electron chi connectivity index (χ2n) is 8.98. The van der Waals surface area contributed by atoms with E-state index in [-0.39, 0.29) is 11.1 Å². The molecule has 2 aromatic carbocycles. The molecule has 0 saturated carbocycles. The van der Waals surface area contributed by atoms with Crippen molar-refractivity contribution >= 4 is 96.5 Å². The topological polar surface area (TPSA) is 25.8 Å². The van der Waals surface area contributed by atoms with Crippen LogP contribution in [0.5, 0.6) is 0 Å². The van der Waals surface area contributed by atoms with Crippen molar-refractivity contribution in [3.8, 4) is 40.7 Å². The lowest BCUT2D eigenvalue weighted by atomic mass is 10.1. The molecular formula is C28H8F6N2S6. The minimum absolute atomic E-state index is 0.318. The predicted molar refractivity (Wildman–Crippen MR) is 163 cm³/mol. The average Bonchev–Trinajstić information content (AvgIpc) is 3.75. The summed E-state index contributed by atoms with van der Waals surface area (Å²) in [4.78, 5) is 13.4. The van der Waals surface area contributed by atoms with Crippen molar-refractivity contribution < 1.29 is 26.3 Å². The predicted octanol–water partition coefficient (Wildman–Crippen LogP) is 11.8. The van der Waals surface area contributed by atoms with E-state index in [0.29, 0.717) is 9.75 Å². The van der Waals surface area contributed by atoms with E-state index in [1.54, 1.807) is 12.1 Å². The lowest BCUT2D eigenvalue weighted by Gasteiger charge is -2.02. The number of nitrogens with zero attached hydrogens (tertiary/aromatic N) is 2. The third kappa shape index (κ3) is 4.15. The number of rotatable bonds is 4. The van der Waals surface area contributed by atoms with Gasteiger partial charge in [0.2, 0.25) is 0 Å². The van der Waals surface area contributed by atoms with Crippen LogP contribution in [0.1, 0.15) is 0 Å². The maximum atomic E-state index is 14.3. The van der Waals surface area contributed by atoms with Crippen LogP contribution in [-0.4, -0.2) is 9.97 Å². The van der Waals surface area contributed by atoms with Crippen molar-refractivity contribution in [1.82, 2.24) is 9.97 Å². The van der Waals surface area contributed by atoms with Gasteiger partial charge >= 0.3 is 0 Å². The molecular weight excluding hydrogens is 671 g/mol. The fourth-order valence-electron chi connectivity index (χ4n) is 4.49. The number of hydrogen-bond acceptors (Lipinski definition) is 8. The van der Waals surface area contributed by atoms with E-state index < -0.39 is 34.9 Å². The molecule has 14 heteroatoms. The largest absolute Gasteiger partial charge is 0.222 e. The molecule has 2 nitrogen and oxygen atoms in total. The van der Waals surface area contributed by atoms with Gasteiger partial charge in [-0.1, -0.05) is 22.7 Å². The number of thiophene rings is 4. The molecule has 208 valence electrons. The Bertz CT molecular complexity index is 2100. The zero-order chi connectivity index (χ0) is 28.9. The first-order valence-corrected chi connectivity index (χ1v) is 16.8. The lowest BCUT2D eigenvalue weighted by molar-refractivity contribution is 0.499. The van der Waals surface area contributed by atoms with E-state index in [1.165, 1.54) is 68.0 Å². The normalized spacial score (nSPS) is 12.0. The number of fused-ring (bicyclic) bond motifs is 3. The quantitative estimate of drug-likeness (QED) is 0.137. The molecule has 0 spiro atoms. The molecule has 6 aromatic heterocycles. The van der Waals surface area contributed by atoms with E-state index in [1.807, 2.05) is 12.1 Å². The van der Waals surface area contributed by atoms with Crippen LogP contribution in [0.15, 0.2) is 48.5 Å². The van der Waals surface area contributed by atoms with E-state index in [9.17, 15) is 26.3 Å². The summed E-state index contributed by atoms with van der Waals surface area (Å²) < 4.78 is 87.7.